The van der Waals surface area contributed by atoms with Crippen molar-refractivity contribution >= 4 is 0 Å². The second-order valence-electron chi connectivity index (χ2n) is 3.56. The van der Waals surface area contributed by atoms with E-state index in [1.54, 1.807) is 6.92 Å². The zero-order valence-corrected chi connectivity index (χ0v) is 9.17. The van der Waals surface area contributed by atoms with Crippen molar-refractivity contribution in [2.75, 3.05) is 19.8 Å². The zero-order valence-electron chi connectivity index (χ0n) is 9.17. The van der Waals surface area contributed by atoms with Crippen molar-refractivity contribution in [3.8, 4) is 0 Å². The predicted octanol–water partition coefficient (Wildman–Crippen LogP) is 2.59. The molecule has 0 saturated heterocycles. The average molecular weight is 245 g/mol. The third-order valence-electron chi connectivity index (χ3n) is 2.06. The maximum absolute atomic E-state index is 12.9. The van der Waals surface area contributed by atoms with Crippen LogP contribution in [0.1, 0.15) is 19.8 Å². The fraction of sp³-hybridized carbons (Fsp3) is 1.00. The first kappa shape index (κ1) is 15.6. The van der Waals surface area contributed by atoms with Gasteiger partial charge < -0.3 is 4.74 Å². The molecule has 1 radical (unpaired) electrons. The van der Waals surface area contributed by atoms with E-state index < -0.39 is 44.5 Å². The Kier molecular flexibility index (Phi) is 8.56. The summed E-state index contributed by atoms with van der Waals surface area (Å²) < 4.78 is 55.4. The van der Waals surface area contributed by atoms with Crippen molar-refractivity contribution in [1.82, 2.24) is 0 Å². The van der Waals surface area contributed by atoms with E-state index in [1.807, 2.05) is 0 Å². The first-order valence-electron chi connectivity index (χ1n) is 5.25. The van der Waals surface area contributed by atoms with Crippen LogP contribution in [0.25, 0.3) is 0 Å². The van der Waals surface area contributed by atoms with Crippen LogP contribution in [-0.4, -0.2) is 44.5 Å². The van der Waals surface area contributed by atoms with Gasteiger partial charge in [0, 0.05) is 0 Å². The summed E-state index contributed by atoms with van der Waals surface area (Å²) in [4.78, 5) is 0. The van der Waals surface area contributed by atoms with Gasteiger partial charge >= 0.3 is 0 Å². The monoisotopic (exact) mass is 245 g/mol. The van der Waals surface area contributed by atoms with Crippen LogP contribution in [0.4, 0.5) is 17.6 Å². The molecule has 6 heteroatoms. The van der Waals surface area contributed by atoms with Crippen LogP contribution in [0.2, 0.25) is 0 Å². The van der Waals surface area contributed by atoms with Crippen molar-refractivity contribution < 1.29 is 27.4 Å². The van der Waals surface area contributed by atoms with Gasteiger partial charge in [0.2, 0.25) is 0 Å². The molecule has 97 valence electrons. The highest BCUT2D eigenvalue weighted by Crippen LogP contribution is 2.12. The Morgan fingerprint density at radius 3 is 1.88 bits per heavy atom. The molecular weight excluding hydrogens is 228 g/mol. The van der Waals surface area contributed by atoms with Crippen LogP contribution in [0.3, 0.4) is 0 Å². The molecule has 0 rings (SSSR count). The van der Waals surface area contributed by atoms with E-state index in [4.69, 9.17) is 0 Å². The molecule has 0 heterocycles. The van der Waals surface area contributed by atoms with Crippen LogP contribution in [-0.2, 0) is 9.84 Å². The van der Waals surface area contributed by atoms with E-state index in [-0.39, 0.29) is 6.42 Å². The van der Waals surface area contributed by atoms with Crippen LogP contribution < -0.4 is 0 Å². The normalized spacial score (nSPS) is 19.1. The van der Waals surface area contributed by atoms with E-state index >= 15 is 0 Å². The molecule has 4 atom stereocenters. The zero-order chi connectivity index (χ0) is 12.6. The van der Waals surface area contributed by atoms with E-state index in [2.05, 4.69) is 4.74 Å². The molecule has 4 unspecified atom stereocenters. The SMILES string of the molecule is CCCC(F)C(F)COCC(F)C(F)C[O]. The van der Waals surface area contributed by atoms with Gasteiger partial charge in [0.1, 0.15) is 12.8 Å². The number of rotatable bonds is 9. The van der Waals surface area contributed by atoms with Gasteiger partial charge in [-0.1, -0.05) is 13.3 Å². The van der Waals surface area contributed by atoms with E-state index in [9.17, 15) is 22.7 Å². The van der Waals surface area contributed by atoms with Gasteiger partial charge in [-0.15, -0.1) is 0 Å². The Morgan fingerprint density at radius 2 is 1.44 bits per heavy atom. The minimum Gasteiger partial charge on any atom is -0.375 e. The van der Waals surface area contributed by atoms with Crippen molar-refractivity contribution in [2.24, 2.45) is 0 Å². The first-order valence-corrected chi connectivity index (χ1v) is 5.25. The minimum atomic E-state index is -2.16. The summed E-state index contributed by atoms with van der Waals surface area (Å²) in [6.45, 7) is -0.833. The van der Waals surface area contributed by atoms with Crippen LogP contribution in [0.5, 0.6) is 0 Å². The lowest BCUT2D eigenvalue weighted by molar-refractivity contribution is -0.0176. The van der Waals surface area contributed by atoms with Crippen molar-refractivity contribution in [2.45, 2.75) is 44.5 Å². The molecule has 0 bridgehead atoms. The summed E-state index contributed by atoms with van der Waals surface area (Å²) in [5.74, 6) is 0. The van der Waals surface area contributed by atoms with Crippen LogP contribution >= 0.6 is 0 Å². The molecule has 0 amide bonds. The Morgan fingerprint density at radius 1 is 0.938 bits per heavy atom. The Balaban J connectivity index is 3.64. The topological polar surface area (TPSA) is 29.1 Å². The Hall–Kier alpha value is -0.360. The molecule has 0 spiro atoms. The molecule has 16 heavy (non-hydrogen) atoms. The number of hydrogen-bond acceptors (Lipinski definition) is 1. The van der Waals surface area contributed by atoms with Crippen LogP contribution in [0, 0.1) is 0 Å². The highest BCUT2D eigenvalue weighted by atomic mass is 19.2. The quantitative estimate of drug-likeness (QED) is 0.574. The third kappa shape index (κ3) is 6.27. The summed E-state index contributed by atoms with van der Waals surface area (Å²) in [7, 11) is 0. The summed E-state index contributed by atoms with van der Waals surface area (Å²) in [6, 6.07) is 0. The number of ether oxygens (including phenoxy) is 1. The molecule has 0 aliphatic rings. The largest absolute Gasteiger partial charge is 0.375 e. The fourth-order valence-electron chi connectivity index (χ4n) is 1.06. The molecule has 0 aromatic carbocycles. The number of hydrogen-bond donors (Lipinski definition) is 0. The lowest BCUT2D eigenvalue weighted by atomic mass is 10.1. The van der Waals surface area contributed by atoms with Gasteiger partial charge in [0.05, 0.1) is 13.2 Å². The smallest absolute Gasteiger partial charge is 0.160 e. The minimum absolute atomic E-state index is 0.0654. The molecule has 0 fully saturated rings. The van der Waals surface area contributed by atoms with Gasteiger partial charge in [-0.25, -0.2) is 22.7 Å². The lowest BCUT2D eigenvalue weighted by Crippen LogP contribution is -2.29. The average Bonchev–Trinajstić information content (AvgIpc) is 2.27. The highest BCUT2D eigenvalue weighted by molar-refractivity contribution is 4.69. The summed E-state index contributed by atoms with van der Waals surface area (Å²) >= 11 is 0. The molecule has 0 aromatic heterocycles. The maximum atomic E-state index is 12.9. The fourth-order valence-corrected chi connectivity index (χ4v) is 1.06. The molecule has 2 nitrogen and oxygen atoms in total. The van der Waals surface area contributed by atoms with Gasteiger partial charge in [-0.05, 0) is 6.42 Å². The molecule has 0 aliphatic carbocycles. The van der Waals surface area contributed by atoms with E-state index in [1.165, 1.54) is 0 Å². The number of halogens is 4. The standard InChI is InChI=1S/C10H17F4O2/c1-2-3-7(11)9(13)5-16-6-10(14)8(12)4-15/h7-10H,2-6H2,1H3. The van der Waals surface area contributed by atoms with Crippen molar-refractivity contribution in [1.29, 1.82) is 0 Å². The molecular formula is C10H17F4O2. The molecule has 0 saturated carbocycles. The lowest BCUT2D eigenvalue weighted by Gasteiger charge is -2.15. The Bertz CT molecular complexity index is 171. The molecule has 0 aliphatic heterocycles. The van der Waals surface area contributed by atoms with Gasteiger partial charge in [-0.3, -0.25) is 0 Å². The predicted molar refractivity (Wildman–Crippen MR) is 50.9 cm³/mol. The van der Waals surface area contributed by atoms with Crippen molar-refractivity contribution in [3.63, 3.8) is 0 Å². The maximum Gasteiger partial charge on any atom is 0.160 e. The first-order chi connectivity index (χ1) is 7.52. The summed E-state index contributed by atoms with van der Waals surface area (Å²) in [6.07, 6.45) is -7.16. The molecule has 0 N–H and O–H groups in total. The van der Waals surface area contributed by atoms with Gasteiger partial charge in [-0.2, -0.15) is 0 Å². The summed E-state index contributed by atoms with van der Waals surface area (Å²) in [5.41, 5.74) is 0. The highest BCUT2D eigenvalue weighted by Gasteiger charge is 2.23. The Labute approximate surface area is 92.6 Å². The molecule has 0 aromatic rings. The van der Waals surface area contributed by atoms with Gasteiger partial charge in [0.25, 0.3) is 0 Å². The number of alkyl halides is 4. The van der Waals surface area contributed by atoms with E-state index in [0.29, 0.717) is 6.42 Å². The summed E-state index contributed by atoms with van der Waals surface area (Å²) in [5, 5.41) is 9.96. The van der Waals surface area contributed by atoms with Crippen LogP contribution in [0.15, 0.2) is 0 Å². The van der Waals surface area contributed by atoms with E-state index in [0.717, 1.165) is 0 Å². The van der Waals surface area contributed by atoms with Gasteiger partial charge in [0.15, 0.2) is 18.5 Å². The third-order valence-corrected chi connectivity index (χ3v) is 2.06. The second kappa shape index (κ2) is 8.75. The second-order valence-corrected chi connectivity index (χ2v) is 3.56. The van der Waals surface area contributed by atoms with Crippen molar-refractivity contribution in [3.05, 3.63) is 0 Å².